The molecule has 1 N–H and O–H groups in total. The minimum absolute atomic E-state index is 0.148. The number of hydrogen-bond acceptors (Lipinski definition) is 2. The SMILES string of the molecule is OC1CC=CS1. The number of thioether (sulfide) groups is 1. The van der Waals surface area contributed by atoms with Crippen LogP contribution in [0.2, 0.25) is 0 Å². The van der Waals surface area contributed by atoms with Crippen molar-refractivity contribution in [3.8, 4) is 0 Å². The van der Waals surface area contributed by atoms with Gasteiger partial charge < -0.3 is 5.11 Å². The summed E-state index contributed by atoms with van der Waals surface area (Å²) in [5.41, 5.74) is -0.148. The van der Waals surface area contributed by atoms with Gasteiger partial charge in [0.15, 0.2) is 0 Å². The lowest BCUT2D eigenvalue weighted by atomic mass is 10.5. The Morgan fingerprint density at radius 2 is 2.67 bits per heavy atom. The highest BCUT2D eigenvalue weighted by Crippen LogP contribution is 2.20. The second-order valence-corrected chi connectivity index (χ2v) is 2.29. The van der Waals surface area contributed by atoms with Gasteiger partial charge in [0.05, 0.1) is 0 Å². The van der Waals surface area contributed by atoms with E-state index in [0.717, 1.165) is 6.42 Å². The molecular weight excluding hydrogens is 96.1 g/mol. The maximum atomic E-state index is 8.63. The third-order valence-electron chi connectivity index (χ3n) is 0.670. The predicted molar refractivity (Wildman–Crippen MR) is 27.4 cm³/mol. The Morgan fingerprint density at radius 1 is 1.83 bits per heavy atom. The molecule has 0 bridgehead atoms. The maximum absolute atomic E-state index is 8.63. The van der Waals surface area contributed by atoms with Crippen LogP contribution < -0.4 is 0 Å². The molecule has 1 aliphatic heterocycles. The minimum Gasteiger partial charge on any atom is -0.382 e. The molecule has 0 amide bonds. The Kier molecular flexibility index (Phi) is 1.17. The van der Waals surface area contributed by atoms with E-state index in [4.69, 9.17) is 5.11 Å². The summed E-state index contributed by atoms with van der Waals surface area (Å²) >= 11 is 1.47. The summed E-state index contributed by atoms with van der Waals surface area (Å²) in [6.45, 7) is 0. The second kappa shape index (κ2) is 1.67. The zero-order chi connectivity index (χ0) is 4.41. The van der Waals surface area contributed by atoms with Crippen LogP contribution >= 0.6 is 11.8 Å². The zero-order valence-corrected chi connectivity index (χ0v) is 4.11. The molecule has 1 nitrogen and oxygen atoms in total. The summed E-state index contributed by atoms with van der Waals surface area (Å²) in [5, 5.41) is 10.6. The molecule has 1 atom stereocenters. The molecule has 0 saturated heterocycles. The summed E-state index contributed by atoms with van der Waals surface area (Å²) in [6.07, 6.45) is 2.79. The highest BCUT2D eigenvalue weighted by atomic mass is 32.2. The van der Waals surface area contributed by atoms with Gasteiger partial charge in [-0.1, -0.05) is 6.08 Å². The quantitative estimate of drug-likeness (QED) is 0.491. The summed E-state index contributed by atoms with van der Waals surface area (Å²) in [6, 6.07) is 0. The molecule has 0 spiro atoms. The summed E-state index contributed by atoms with van der Waals surface area (Å²) < 4.78 is 0. The topological polar surface area (TPSA) is 20.2 Å². The first-order valence-electron chi connectivity index (χ1n) is 1.88. The molecule has 6 heavy (non-hydrogen) atoms. The fourth-order valence-corrected chi connectivity index (χ4v) is 1.000. The van der Waals surface area contributed by atoms with Crippen LogP contribution in [0.3, 0.4) is 0 Å². The maximum Gasteiger partial charge on any atom is 0.107 e. The van der Waals surface area contributed by atoms with E-state index in [1.807, 2.05) is 11.5 Å². The lowest BCUT2D eigenvalue weighted by Gasteiger charge is -1.91. The first kappa shape index (κ1) is 4.22. The van der Waals surface area contributed by atoms with Crippen molar-refractivity contribution in [3.05, 3.63) is 11.5 Å². The molecule has 2 heteroatoms. The van der Waals surface area contributed by atoms with Crippen LogP contribution in [0.4, 0.5) is 0 Å². The van der Waals surface area contributed by atoms with E-state index in [9.17, 15) is 0 Å². The number of aliphatic hydroxyl groups excluding tert-OH is 1. The summed E-state index contributed by atoms with van der Waals surface area (Å²) in [7, 11) is 0. The van der Waals surface area contributed by atoms with Crippen LogP contribution in [0, 0.1) is 0 Å². The molecule has 0 aromatic rings. The van der Waals surface area contributed by atoms with E-state index in [1.54, 1.807) is 0 Å². The fraction of sp³-hybridized carbons (Fsp3) is 0.500. The van der Waals surface area contributed by atoms with Crippen LogP contribution in [0.1, 0.15) is 6.42 Å². The van der Waals surface area contributed by atoms with Gasteiger partial charge >= 0.3 is 0 Å². The van der Waals surface area contributed by atoms with Crippen molar-refractivity contribution in [1.29, 1.82) is 0 Å². The molecule has 0 aliphatic carbocycles. The summed E-state index contributed by atoms with van der Waals surface area (Å²) in [5.74, 6) is 0. The van der Waals surface area contributed by atoms with Crippen molar-refractivity contribution in [2.24, 2.45) is 0 Å². The Bertz CT molecular complexity index is 61.9. The average Bonchev–Trinajstić information content (AvgIpc) is 1.86. The molecule has 0 aromatic carbocycles. The van der Waals surface area contributed by atoms with E-state index < -0.39 is 0 Å². The van der Waals surface area contributed by atoms with E-state index in [0.29, 0.717) is 0 Å². The van der Waals surface area contributed by atoms with Crippen LogP contribution in [-0.4, -0.2) is 10.5 Å². The van der Waals surface area contributed by atoms with Gasteiger partial charge in [-0.25, -0.2) is 0 Å². The van der Waals surface area contributed by atoms with Gasteiger partial charge in [0.25, 0.3) is 0 Å². The molecule has 0 radical (unpaired) electrons. The van der Waals surface area contributed by atoms with Gasteiger partial charge in [-0.05, 0) is 5.41 Å². The molecule has 0 saturated carbocycles. The van der Waals surface area contributed by atoms with Crippen molar-refractivity contribution in [3.63, 3.8) is 0 Å². The Labute approximate surface area is 41.1 Å². The molecule has 1 aliphatic rings. The van der Waals surface area contributed by atoms with Crippen molar-refractivity contribution in [2.75, 3.05) is 0 Å². The second-order valence-electron chi connectivity index (χ2n) is 1.20. The van der Waals surface area contributed by atoms with E-state index in [-0.39, 0.29) is 5.44 Å². The van der Waals surface area contributed by atoms with Crippen LogP contribution in [-0.2, 0) is 0 Å². The number of rotatable bonds is 0. The van der Waals surface area contributed by atoms with Crippen molar-refractivity contribution in [1.82, 2.24) is 0 Å². The van der Waals surface area contributed by atoms with Gasteiger partial charge in [0.2, 0.25) is 0 Å². The minimum atomic E-state index is -0.148. The van der Waals surface area contributed by atoms with Gasteiger partial charge in [0, 0.05) is 6.42 Å². The molecular formula is C4H6OS. The Morgan fingerprint density at radius 3 is 2.83 bits per heavy atom. The molecule has 1 rings (SSSR count). The van der Waals surface area contributed by atoms with E-state index in [2.05, 4.69) is 0 Å². The molecule has 1 unspecified atom stereocenters. The van der Waals surface area contributed by atoms with Gasteiger partial charge in [-0.2, -0.15) is 0 Å². The third-order valence-corrected chi connectivity index (χ3v) is 1.53. The molecule has 0 aromatic heterocycles. The largest absolute Gasteiger partial charge is 0.382 e. The standard InChI is InChI=1S/C4H6OS/c5-4-2-1-3-6-4/h1,3-5H,2H2. The average molecular weight is 102 g/mol. The van der Waals surface area contributed by atoms with Crippen LogP contribution in [0.15, 0.2) is 11.5 Å². The fourth-order valence-electron chi connectivity index (χ4n) is 0.374. The first-order valence-corrected chi connectivity index (χ1v) is 2.82. The van der Waals surface area contributed by atoms with E-state index in [1.165, 1.54) is 11.8 Å². The van der Waals surface area contributed by atoms with Gasteiger partial charge in [-0.3, -0.25) is 0 Å². The van der Waals surface area contributed by atoms with Crippen molar-refractivity contribution < 1.29 is 5.11 Å². The normalized spacial score (nSPS) is 31.8. The van der Waals surface area contributed by atoms with Gasteiger partial charge in [-0.15, -0.1) is 11.8 Å². The Hall–Kier alpha value is 0.0500. The summed E-state index contributed by atoms with van der Waals surface area (Å²) in [4.78, 5) is 0. The zero-order valence-electron chi connectivity index (χ0n) is 3.29. The smallest absolute Gasteiger partial charge is 0.107 e. The van der Waals surface area contributed by atoms with Crippen LogP contribution in [0.5, 0.6) is 0 Å². The van der Waals surface area contributed by atoms with E-state index >= 15 is 0 Å². The molecule has 34 valence electrons. The third kappa shape index (κ3) is 0.758. The lowest BCUT2D eigenvalue weighted by molar-refractivity contribution is 0.270. The molecule has 0 fully saturated rings. The Balaban J connectivity index is 2.32. The van der Waals surface area contributed by atoms with Gasteiger partial charge in [0.1, 0.15) is 5.44 Å². The monoisotopic (exact) mass is 102 g/mol. The van der Waals surface area contributed by atoms with Crippen molar-refractivity contribution in [2.45, 2.75) is 11.9 Å². The highest BCUT2D eigenvalue weighted by molar-refractivity contribution is 8.02. The number of aliphatic hydroxyl groups is 1. The number of hydrogen-bond donors (Lipinski definition) is 1. The predicted octanol–water partition coefficient (Wildman–Crippen LogP) is 0.955. The molecule has 1 heterocycles. The first-order chi connectivity index (χ1) is 2.89. The lowest BCUT2D eigenvalue weighted by Crippen LogP contribution is -1.89. The van der Waals surface area contributed by atoms with Crippen molar-refractivity contribution >= 4 is 11.8 Å². The highest BCUT2D eigenvalue weighted by Gasteiger charge is 2.02. The van der Waals surface area contributed by atoms with Crippen LogP contribution in [0.25, 0.3) is 0 Å².